The van der Waals surface area contributed by atoms with Crippen molar-refractivity contribution < 1.29 is 14.3 Å². The van der Waals surface area contributed by atoms with Gasteiger partial charge in [-0.1, -0.05) is 36.8 Å². The number of likely N-dealkylation sites (tertiary alicyclic amines) is 1. The summed E-state index contributed by atoms with van der Waals surface area (Å²) in [6, 6.07) is 20.4. The van der Waals surface area contributed by atoms with E-state index in [1.165, 1.54) is 32.4 Å². The second-order valence-electron chi connectivity index (χ2n) is 9.26. The predicted molar refractivity (Wildman–Crippen MR) is 146 cm³/mol. The van der Waals surface area contributed by atoms with Crippen LogP contribution in [-0.4, -0.2) is 43.0 Å². The number of carbonyl (C=O) groups is 2. The van der Waals surface area contributed by atoms with Gasteiger partial charge < -0.3 is 15.0 Å². The molecule has 1 N–H and O–H groups in total. The number of ether oxygens (including phenoxy) is 1. The van der Waals surface area contributed by atoms with E-state index in [1.54, 1.807) is 17.0 Å². The molecule has 2 amide bonds. The van der Waals surface area contributed by atoms with E-state index < -0.39 is 0 Å². The van der Waals surface area contributed by atoms with Crippen LogP contribution < -0.4 is 15.0 Å². The quantitative estimate of drug-likeness (QED) is 0.359. The van der Waals surface area contributed by atoms with Crippen molar-refractivity contribution in [1.29, 1.82) is 0 Å². The summed E-state index contributed by atoms with van der Waals surface area (Å²) in [5, 5.41) is 2.93. The van der Waals surface area contributed by atoms with Crippen molar-refractivity contribution in [3.05, 3.63) is 82.3 Å². The second-order valence-corrected chi connectivity index (χ2v) is 10.1. The Balaban J connectivity index is 1.28. The van der Waals surface area contributed by atoms with Crippen molar-refractivity contribution in [2.45, 2.75) is 32.1 Å². The van der Waals surface area contributed by atoms with E-state index >= 15 is 0 Å². The van der Waals surface area contributed by atoms with Crippen LogP contribution in [0.4, 0.5) is 17.1 Å². The summed E-state index contributed by atoms with van der Waals surface area (Å²) < 4.78 is 6.84. The minimum absolute atomic E-state index is 0.117. The molecule has 3 aromatic rings. The zero-order valence-electron chi connectivity index (χ0n) is 20.2. The molecular formula is C29H30BrN3O3. The Labute approximate surface area is 220 Å². The van der Waals surface area contributed by atoms with E-state index in [0.717, 1.165) is 28.8 Å². The third-order valence-electron chi connectivity index (χ3n) is 6.71. The van der Waals surface area contributed by atoms with Gasteiger partial charge in [-0.25, -0.2) is 0 Å². The number of nitrogens with one attached hydrogen (secondary N) is 1. The molecule has 36 heavy (non-hydrogen) atoms. The third kappa shape index (κ3) is 5.47. The lowest BCUT2D eigenvalue weighted by atomic mass is 10.1. The van der Waals surface area contributed by atoms with Gasteiger partial charge in [0.05, 0.1) is 40.1 Å². The smallest absolute Gasteiger partial charge is 0.257 e. The van der Waals surface area contributed by atoms with Crippen LogP contribution in [0.5, 0.6) is 5.75 Å². The number of fused-ring (bicyclic) bond motifs is 2. The molecule has 0 unspecified atom stereocenters. The molecule has 0 bridgehead atoms. The average molecular weight is 548 g/mol. The Morgan fingerprint density at radius 3 is 2.50 bits per heavy atom. The lowest BCUT2D eigenvalue weighted by Gasteiger charge is -2.26. The van der Waals surface area contributed by atoms with Gasteiger partial charge in [-0.05, 0) is 90.2 Å². The summed E-state index contributed by atoms with van der Waals surface area (Å²) in [7, 11) is 0. The number of para-hydroxylation sites is 3. The number of piperidine rings is 1. The molecule has 2 heterocycles. The first kappa shape index (κ1) is 24.5. The van der Waals surface area contributed by atoms with Gasteiger partial charge in [-0.3, -0.25) is 14.5 Å². The minimum Gasteiger partial charge on any atom is -0.492 e. The molecule has 5 rings (SSSR count). The molecule has 0 radical (unpaired) electrons. The summed E-state index contributed by atoms with van der Waals surface area (Å²) in [5.41, 5.74) is 3.19. The molecule has 3 aromatic carbocycles. The maximum Gasteiger partial charge on any atom is 0.257 e. The zero-order chi connectivity index (χ0) is 24.9. The van der Waals surface area contributed by atoms with Crippen molar-refractivity contribution in [2.75, 3.05) is 36.5 Å². The van der Waals surface area contributed by atoms with Crippen molar-refractivity contribution in [1.82, 2.24) is 4.90 Å². The second kappa shape index (κ2) is 11.3. The normalized spacial score (nSPS) is 15.5. The van der Waals surface area contributed by atoms with Crippen molar-refractivity contribution in [3.8, 4) is 5.75 Å². The van der Waals surface area contributed by atoms with Crippen LogP contribution in [0.25, 0.3) is 0 Å². The fourth-order valence-corrected chi connectivity index (χ4v) is 5.44. The largest absolute Gasteiger partial charge is 0.492 e. The Hall–Kier alpha value is -3.16. The number of benzene rings is 3. The van der Waals surface area contributed by atoms with Crippen LogP contribution in [0.1, 0.15) is 41.6 Å². The maximum absolute atomic E-state index is 13.6. The highest BCUT2D eigenvalue weighted by Crippen LogP contribution is 2.38. The number of rotatable bonds is 7. The van der Waals surface area contributed by atoms with Crippen LogP contribution >= 0.6 is 15.9 Å². The molecule has 0 atom stereocenters. The summed E-state index contributed by atoms with van der Waals surface area (Å²) >= 11 is 3.62. The summed E-state index contributed by atoms with van der Waals surface area (Å²) in [4.78, 5) is 30.6. The highest BCUT2D eigenvalue weighted by atomic mass is 79.9. The highest BCUT2D eigenvalue weighted by molar-refractivity contribution is 9.10. The number of carbonyl (C=O) groups excluding carboxylic acids is 2. The Morgan fingerprint density at radius 1 is 0.944 bits per heavy atom. The number of halogens is 1. The lowest BCUT2D eigenvalue weighted by molar-refractivity contribution is -0.117. The van der Waals surface area contributed by atoms with Crippen LogP contribution in [0.15, 0.2) is 71.2 Å². The first-order valence-corrected chi connectivity index (χ1v) is 13.4. The van der Waals surface area contributed by atoms with E-state index in [2.05, 4.69) is 26.1 Å². The van der Waals surface area contributed by atoms with Gasteiger partial charge in [0.15, 0.2) is 0 Å². The number of nitrogens with zero attached hydrogens (tertiary/aromatic N) is 2. The van der Waals surface area contributed by atoms with Gasteiger partial charge >= 0.3 is 0 Å². The Kier molecular flexibility index (Phi) is 7.68. The predicted octanol–water partition coefficient (Wildman–Crippen LogP) is 6.18. The molecule has 6 nitrogen and oxygen atoms in total. The topological polar surface area (TPSA) is 61.9 Å². The van der Waals surface area contributed by atoms with Gasteiger partial charge in [-0.2, -0.15) is 0 Å². The van der Waals surface area contributed by atoms with Gasteiger partial charge in [0.2, 0.25) is 5.91 Å². The Bertz CT molecular complexity index is 1260. The number of anilines is 3. The fourth-order valence-electron chi connectivity index (χ4n) is 4.90. The van der Waals surface area contributed by atoms with E-state index in [1.807, 2.05) is 54.6 Å². The standard InChI is InChI=1S/C29H30BrN3O3/c30-23-19-21(13-14-27(23)36-18-8-17-32-15-6-1-7-16-32)20-28(34)33-25-11-4-2-9-22(25)29(35)31-24-10-3-5-12-26(24)33/h2-5,9-14,19H,1,6-8,15-18,20H2,(H,31,35). The minimum atomic E-state index is -0.224. The van der Waals surface area contributed by atoms with Crippen molar-refractivity contribution in [2.24, 2.45) is 0 Å². The number of amides is 2. The molecule has 2 aliphatic rings. The molecular weight excluding hydrogens is 518 g/mol. The first-order valence-electron chi connectivity index (χ1n) is 12.6. The molecule has 1 fully saturated rings. The molecule has 1 saturated heterocycles. The number of hydrogen-bond acceptors (Lipinski definition) is 4. The summed E-state index contributed by atoms with van der Waals surface area (Å²) in [5.74, 6) is 0.441. The molecule has 0 aliphatic carbocycles. The van der Waals surface area contributed by atoms with Crippen LogP contribution in [0, 0.1) is 0 Å². The van der Waals surface area contributed by atoms with Crippen LogP contribution in [0.3, 0.4) is 0 Å². The zero-order valence-corrected chi connectivity index (χ0v) is 21.8. The fraction of sp³-hybridized carbons (Fsp3) is 0.310. The molecule has 0 spiro atoms. The van der Waals surface area contributed by atoms with Gasteiger partial charge in [0.25, 0.3) is 5.91 Å². The highest BCUT2D eigenvalue weighted by Gasteiger charge is 2.29. The summed E-state index contributed by atoms with van der Waals surface area (Å²) in [6.07, 6.45) is 5.13. The van der Waals surface area contributed by atoms with Gasteiger partial charge in [0, 0.05) is 6.54 Å². The third-order valence-corrected chi connectivity index (χ3v) is 7.33. The van der Waals surface area contributed by atoms with Crippen molar-refractivity contribution in [3.63, 3.8) is 0 Å². The molecule has 7 heteroatoms. The van der Waals surface area contributed by atoms with E-state index in [4.69, 9.17) is 4.74 Å². The van der Waals surface area contributed by atoms with Crippen LogP contribution in [0.2, 0.25) is 0 Å². The van der Waals surface area contributed by atoms with Gasteiger partial charge in [-0.15, -0.1) is 0 Å². The summed E-state index contributed by atoms with van der Waals surface area (Å²) in [6.45, 7) is 4.13. The van der Waals surface area contributed by atoms with E-state index in [-0.39, 0.29) is 18.2 Å². The first-order chi connectivity index (χ1) is 17.6. The monoisotopic (exact) mass is 547 g/mol. The van der Waals surface area contributed by atoms with E-state index in [9.17, 15) is 9.59 Å². The lowest BCUT2D eigenvalue weighted by Crippen LogP contribution is -2.31. The Morgan fingerprint density at radius 2 is 1.69 bits per heavy atom. The van der Waals surface area contributed by atoms with Gasteiger partial charge in [0.1, 0.15) is 5.75 Å². The number of hydrogen-bond donors (Lipinski definition) is 1. The molecule has 186 valence electrons. The van der Waals surface area contributed by atoms with E-state index in [0.29, 0.717) is 29.2 Å². The maximum atomic E-state index is 13.6. The van der Waals surface area contributed by atoms with Crippen molar-refractivity contribution >= 4 is 44.8 Å². The molecule has 0 aromatic heterocycles. The average Bonchev–Trinajstić information content (AvgIpc) is 3.02. The molecule has 0 saturated carbocycles. The van der Waals surface area contributed by atoms with Crippen LogP contribution in [-0.2, 0) is 11.2 Å². The molecule has 2 aliphatic heterocycles. The SMILES string of the molecule is O=C1Nc2ccccc2N(C(=O)Cc2ccc(OCCCN3CCCCC3)c(Br)c2)c2ccccc21.